The molecular weight excluding hydrogens is 565 g/mol. The highest BCUT2D eigenvalue weighted by Gasteiger charge is 2.38. The minimum atomic E-state index is -3.53. The summed E-state index contributed by atoms with van der Waals surface area (Å²) in [7, 11) is 5.51. The maximum atomic E-state index is 13.0. The summed E-state index contributed by atoms with van der Waals surface area (Å²) in [6.45, 7) is 9.45. The molecule has 0 saturated carbocycles. The Labute approximate surface area is 259 Å². The van der Waals surface area contributed by atoms with E-state index in [9.17, 15) is 8.42 Å². The molecule has 0 unspecified atom stereocenters. The second-order valence-corrected chi connectivity index (χ2v) is 16.0. The number of nitrogens with one attached hydrogen (secondary N) is 3. The number of aromatic nitrogens is 2. The third-order valence-electron chi connectivity index (χ3n) is 7.42. The van der Waals surface area contributed by atoms with Crippen LogP contribution in [0.15, 0.2) is 47.5 Å². The first kappa shape index (κ1) is 32.3. The van der Waals surface area contributed by atoms with Crippen LogP contribution in [0.2, 0.25) is 5.02 Å². The van der Waals surface area contributed by atoms with Gasteiger partial charge in [0.1, 0.15) is 42.2 Å². The van der Waals surface area contributed by atoms with Crippen LogP contribution in [0.1, 0.15) is 57.6 Å². The number of anilines is 4. The fourth-order valence-corrected chi connectivity index (χ4v) is 7.31. The third kappa shape index (κ3) is 7.47. The Bertz CT molecular complexity index is 1560. The number of aryl methyl sites for hydroxylation is 1. The molecule has 4 rings (SSSR count). The van der Waals surface area contributed by atoms with Crippen LogP contribution in [0.5, 0.6) is 5.75 Å². The number of ether oxygens (including phenoxy) is 1. The van der Waals surface area contributed by atoms with E-state index in [0.717, 1.165) is 29.8 Å². The van der Waals surface area contributed by atoms with Crippen LogP contribution >= 0.6 is 11.6 Å². The van der Waals surface area contributed by atoms with E-state index < -0.39 is 15.1 Å². The summed E-state index contributed by atoms with van der Waals surface area (Å²) in [5, 5.41) is 9.93. The third-order valence-corrected chi connectivity index (χ3v) is 9.91. The summed E-state index contributed by atoms with van der Waals surface area (Å²) in [4.78, 5) is 9.19. The van der Waals surface area contributed by atoms with Crippen molar-refractivity contribution in [1.29, 1.82) is 0 Å². The second-order valence-electron chi connectivity index (χ2n) is 13.1. The van der Waals surface area contributed by atoms with E-state index in [1.54, 1.807) is 38.1 Å². The minimum absolute atomic E-state index is 0.0164. The van der Waals surface area contributed by atoms with Gasteiger partial charge in [-0.3, -0.25) is 0 Å². The lowest BCUT2D eigenvalue weighted by molar-refractivity contribution is 0.243. The number of hydrogen-bond donors (Lipinski definition) is 3. The Kier molecular flexibility index (Phi) is 9.36. The maximum absolute atomic E-state index is 13.0. The van der Waals surface area contributed by atoms with E-state index in [0.29, 0.717) is 23.4 Å². The first-order chi connectivity index (χ1) is 19.5. The van der Waals surface area contributed by atoms with Crippen LogP contribution in [0.25, 0.3) is 0 Å². The lowest BCUT2D eigenvalue weighted by Crippen LogP contribution is -2.64. The van der Waals surface area contributed by atoms with Crippen molar-refractivity contribution < 1.29 is 13.2 Å². The lowest BCUT2D eigenvalue weighted by Gasteiger charge is -2.48. The molecule has 1 fully saturated rings. The van der Waals surface area contributed by atoms with Crippen LogP contribution in [0.4, 0.5) is 23.1 Å². The summed E-state index contributed by atoms with van der Waals surface area (Å²) in [6, 6.07) is 11.0. The molecule has 3 N–H and O–H groups in total. The highest BCUT2D eigenvalue weighted by molar-refractivity contribution is 7.92. The van der Waals surface area contributed by atoms with Crippen LogP contribution in [-0.2, 0) is 9.84 Å². The normalized spacial score (nSPS) is 16.9. The fraction of sp³-hybridized carbons (Fsp3) is 0.429. The van der Waals surface area contributed by atoms with Crippen LogP contribution < -0.4 is 20.7 Å². The number of halogens is 1. The van der Waals surface area contributed by atoms with Crippen molar-refractivity contribution in [2.45, 2.75) is 80.3 Å². The predicted molar refractivity (Wildman–Crippen MR) is 184 cm³/mol. The quantitative estimate of drug-likeness (QED) is 0.319. The van der Waals surface area contributed by atoms with Gasteiger partial charge in [-0.15, -0.1) is 0 Å². The molecule has 220 valence electrons. The minimum Gasteiger partial charge on any atom is -0.489 e. The topological polar surface area (TPSA) is 105 Å². The lowest BCUT2D eigenvalue weighted by atomic mass is 9.46. The summed E-state index contributed by atoms with van der Waals surface area (Å²) >= 11 is 6.46. The zero-order valence-electron chi connectivity index (χ0n) is 26.1. The number of piperidine rings is 1. The van der Waals surface area contributed by atoms with E-state index in [-0.39, 0.29) is 26.7 Å². The highest BCUT2D eigenvalue weighted by atomic mass is 35.5. The van der Waals surface area contributed by atoms with Crippen molar-refractivity contribution in [3.05, 3.63) is 58.7 Å². The number of para-hydroxylation sites is 1. The zero-order valence-corrected chi connectivity index (χ0v) is 27.7. The van der Waals surface area contributed by atoms with Gasteiger partial charge in [0, 0.05) is 0 Å². The number of hydrogen-bond acceptors (Lipinski definition) is 8. The molecular formula is C28H40B4ClN5O3S. The van der Waals surface area contributed by atoms with Crippen molar-refractivity contribution in [2.24, 2.45) is 0 Å². The van der Waals surface area contributed by atoms with Crippen molar-refractivity contribution in [2.75, 3.05) is 10.6 Å². The van der Waals surface area contributed by atoms with Crippen molar-refractivity contribution in [3.8, 4) is 5.75 Å². The Morgan fingerprint density at radius 2 is 1.67 bits per heavy atom. The van der Waals surface area contributed by atoms with Crippen molar-refractivity contribution >= 4 is 76.0 Å². The van der Waals surface area contributed by atoms with Gasteiger partial charge in [0.2, 0.25) is 5.95 Å². The first-order valence-electron chi connectivity index (χ1n) is 14.5. The number of benzene rings is 2. The maximum Gasteiger partial charge on any atom is 0.229 e. The summed E-state index contributed by atoms with van der Waals surface area (Å²) in [5.74, 6) is 1.70. The molecule has 0 radical (unpaired) electrons. The van der Waals surface area contributed by atoms with E-state index in [1.807, 2.05) is 13.8 Å². The zero-order chi connectivity index (χ0) is 31.0. The van der Waals surface area contributed by atoms with E-state index in [4.69, 9.17) is 16.3 Å². The monoisotopic (exact) mass is 605 g/mol. The second kappa shape index (κ2) is 12.2. The number of nitrogens with zero attached hydrogens (tertiary/aromatic N) is 2. The molecule has 3 aromatic rings. The van der Waals surface area contributed by atoms with Crippen LogP contribution in [0.3, 0.4) is 0 Å². The van der Waals surface area contributed by atoms with Gasteiger partial charge >= 0.3 is 0 Å². The van der Waals surface area contributed by atoms with Crippen molar-refractivity contribution in [3.63, 3.8) is 0 Å². The summed E-state index contributed by atoms with van der Waals surface area (Å²) < 4.78 is 32.2. The van der Waals surface area contributed by atoms with E-state index in [1.165, 1.54) is 11.8 Å². The average molecular weight is 605 g/mol. The Morgan fingerprint density at radius 1 is 1.02 bits per heavy atom. The molecule has 0 bridgehead atoms. The van der Waals surface area contributed by atoms with Gasteiger partial charge in [0.25, 0.3) is 0 Å². The fourth-order valence-electron chi connectivity index (χ4n) is 5.97. The van der Waals surface area contributed by atoms with Gasteiger partial charge in [-0.1, -0.05) is 23.7 Å². The Balaban J connectivity index is 1.68. The molecule has 0 amide bonds. The number of sulfone groups is 1. The molecule has 42 heavy (non-hydrogen) atoms. The smallest absolute Gasteiger partial charge is 0.229 e. The van der Waals surface area contributed by atoms with Crippen molar-refractivity contribution in [1.82, 2.24) is 15.3 Å². The van der Waals surface area contributed by atoms with Gasteiger partial charge in [0.05, 0.1) is 33.8 Å². The highest BCUT2D eigenvalue weighted by Crippen LogP contribution is 2.41. The summed E-state index contributed by atoms with van der Waals surface area (Å²) in [6.07, 6.45) is 3.50. The van der Waals surface area contributed by atoms with E-state index >= 15 is 0 Å². The molecule has 1 aliphatic heterocycles. The Hall–Kier alpha value is -2.62. The predicted octanol–water partition coefficient (Wildman–Crippen LogP) is 2.20. The van der Waals surface area contributed by atoms with Gasteiger partial charge in [0.15, 0.2) is 15.7 Å². The molecule has 1 aromatic heterocycles. The molecule has 1 saturated heterocycles. The Morgan fingerprint density at radius 3 is 2.29 bits per heavy atom. The first-order valence-corrected chi connectivity index (χ1v) is 16.4. The molecule has 14 heteroatoms. The molecule has 0 atom stereocenters. The average Bonchev–Trinajstić information content (AvgIpc) is 2.85. The van der Waals surface area contributed by atoms with Crippen LogP contribution in [-0.4, -0.2) is 71.8 Å². The van der Waals surface area contributed by atoms with Gasteiger partial charge in [-0.25, -0.2) is 13.4 Å². The molecule has 2 aromatic carbocycles. The largest absolute Gasteiger partial charge is 0.489 e. The van der Waals surface area contributed by atoms with E-state index in [2.05, 4.69) is 76.4 Å². The molecule has 2 heterocycles. The number of rotatable bonds is 9. The van der Waals surface area contributed by atoms with Gasteiger partial charge in [-0.05, 0) is 99.4 Å². The molecule has 8 nitrogen and oxygen atoms in total. The molecule has 0 spiro atoms. The molecule has 0 aliphatic carbocycles. The standard InChI is InChI=1S/C28H40B4ClN5O3S/c1-15(2)41-23-11-19(18-12-27(29,30)38-28(31,32)13-18)17(5)10-22(23)36-26-34-14-20(33)25(37-26)35-21-8-6-7-9-24(21)42(39,40)16(3)4/h6-11,14-16,18,38H,12-13,29-32H2,1-5H3,(H2,34,35,36,37). The van der Waals surface area contributed by atoms with Gasteiger partial charge < -0.3 is 20.7 Å². The summed E-state index contributed by atoms with van der Waals surface area (Å²) in [5.41, 5.74) is 3.58. The molecule has 1 aliphatic rings. The van der Waals surface area contributed by atoms with Gasteiger partial charge in [-0.2, -0.15) is 4.98 Å². The van der Waals surface area contributed by atoms with Crippen LogP contribution in [0, 0.1) is 6.92 Å². The SMILES string of the molecule is BC1(B)CC(c2cc(OC(C)C)c(Nc3ncc(Cl)c(Nc4ccccc4S(=O)(=O)C(C)C)n3)cc2C)CC(B)(B)N1.